The Labute approximate surface area is 79.8 Å². The molecule has 0 saturated carbocycles. The standard InChI is InChI=1S/C6H12N2O2S2/c1-3-9-5(7)11-12-6(8)10-4-2/h7-8H,3-4H2,1-2H3. The Kier molecular flexibility index (Phi) is 7.08. The summed E-state index contributed by atoms with van der Waals surface area (Å²) in [6, 6.07) is 0. The molecule has 0 bridgehead atoms. The summed E-state index contributed by atoms with van der Waals surface area (Å²) >= 11 is 0. The van der Waals surface area contributed by atoms with Crippen LogP contribution < -0.4 is 0 Å². The number of rotatable bonds is 2. The first-order chi connectivity index (χ1) is 5.70. The van der Waals surface area contributed by atoms with E-state index in [1.54, 1.807) is 0 Å². The van der Waals surface area contributed by atoms with Gasteiger partial charge in [-0.05, 0) is 13.8 Å². The monoisotopic (exact) mass is 208 g/mol. The minimum absolute atomic E-state index is 0.104. The van der Waals surface area contributed by atoms with E-state index < -0.39 is 0 Å². The predicted molar refractivity (Wildman–Crippen MR) is 53.9 cm³/mol. The molecule has 0 aliphatic carbocycles. The molecule has 12 heavy (non-hydrogen) atoms. The third kappa shape index (κ3) is 6.36. The maximum atomic E-state index is 7.18. The van der Waals surface area contributed by atoms with E-state index in [4.69, 9.17) is 20.3 Å². The van der Waals surface area contributed by atoms with E-state index in [0.717, 1.165) is 21.6 Å². The summed E-state index contributed by atoms with van der Waals surface area (Å²) in [5.41, 5.74) is 0. The molecule has 0 aromatic heterocycles. The fourth-order valence-corrected chi connectivity index (χ4v) is 1.61. The molecule has 4 nitrogen and oxygen atoms in total. The first kappa shape index (κ1) is 11.6. The molecule has 2 N–H and O–H groups in total. The Morgan fingerprint density at radius 1 is 1.00 bits per heavy atom. The van der Waals surface area contributed by atoms with Gasteiger partial charge in [0.15, 0.2) is 0 Å². The van der Waals surface area contributed by atoms with E-state index in [9.17, 15) is 0 Å². The third-order valence-electron chi connectivity index (χ3n) is 0.744. The van der Waals surface area contributed by atoms with Gasteiger partial charge in [0.2, 0.25) is 0 Å². The minimum Gasteiger partial charge on any atom is -0.473 e. The van der Waals surface area contributed by atoms with Crippen molar-refractivity contribution >= 4 is 32.0 Å². The molecule has 0 rings (SSSR count). The van der Waals surface area contributed by atoms with Gasteiger partial charge in [-0.1, -0.05) is 0 Å². The second-order valence-electron chi connectivity index (χ2n) is 1.61. The molecular weight excluding hydrogens is 196 g/mol. The smallest absolute Gasteiger partial charge is 0.254 e. The van der Waals surface area contributed by atoms with Gasteiger partial charge in [0.05, 0.1) is 13.2 Å². The molecular formula is C6H12N2O2S2. The molecule has 0 aliphatic rings. The van der Waals surface area contributed by atoms with Gasteiger partial charge in [-0.2, -0.15) is 0 Å². The van der Waals surface area contributed by atoms with Gasteiger partial charge < -0.3 is 9.47 Å². The maximum Gasteiger partial charge on any atom is 0.254 e. The molecule has 0 saturated heterocycles. The molecule has 0 radical (unpaired) electrons. The Hall–Kier alpha value is -0.360. The van der Waals surface area contributed by atoms with Crippen LogP contribution in [0.25, 0.3) is 0 Å². The zero-order valence-corrected chi connectivity index (χ0v) is 8.68. The minimum atomic E-state index is 0.104. The summed E-state index contributed by atoms with van der Waals surface area (Å²) in [7, 11) is 2.15. The lowest BCUT2D eigenvalue weighted by Gasteiger charge is -2.04. The van der Waals surface area contributed by atoms with E-state index in [0.29, 0.717) is 13.2 Å². The van der Waals surface area contributed by atoms with Gasteiger partial charge in [0.25, 0.3) is 10.5 Å². The van der Waals surface area contributed by atoms with Gasteiger partial charge in [0.1, 0.15) is 0 Å². The second kappa shape index (κ2) is 7.30. The summed E-state index contributed by atoms with van der Waals surface area (Å²) in [4.78, 5) is 0. The molecule has 6 heteroatoms. The Bertz CT molecular complexity index is 146. The lowest BCUT2D eigenvalue weighted by Crippen LogP contribution is -1.99. The summed E-state index contributed by atoms with van der Waals surface area (Å²) in [6.45, 7) is 4.59. The third-order valence-corrected chi connectivity index (χ3v) is 2.52. The van der Waals surface area contributed by atoms with Crippen molar-refractivity contribution in [1.82, 2.24) is 0 Å². The highest BCUT2D eigenvalue weighted by Crippen LogP contribution is 2.24. The first-order valence-corrected chi connectivity index (χ1v) is 5.62. The SMILES string of the molecule is CCOC(=N)SSC(=N)OCC. The van der Waals surface area contributed by atoms with Crippen LogP contribution >= 0.6 is 21.6 Å². The second-order valence-corrected chi connectivity index (χ2v) is 3.68. The van der Waals surface area contributed by atoms with E-state index in [1.165, 1.54) is 0 Å². The number of ether oxygens (including phenoxy) is 2. The normalized spacial score (nSPS) is 9.17. The van der Waals surface area contributed by atoms with Crippen LogP contribution in [0.1, 0.15) is 13.8 Å². The van der Waals surface area contributed by atoms with Crippen molar-refractivity contribution in [3.63, 3.8) is 0 Å². The highest BCUT2D eigenvalue weighted by atomic mass is 33.1. The van der Waals surface area contributed by atoms with E-state index in [1.807, 2.05) is 13.8 Å². The van der Waals surface area contributed by atoms with Gasteiger partial charge in [0, 0.05) is 21.6 Å². The summed E-state index contributed by atoms with van der Waals surface area (Å²) < 4.78 is 9.69. The molecule has 0 unspecified atom stereocenters. The van der Waals surface area contributed by atoms with Crippen molar-refractivity contribution in [2.45, 2.75) is 13.8 Å². The van der Waals surface area contributed by atoms with Crippen LogP contribution in [0.15, 0.2) is 0 Å². The van der Waals surface area contributed by atoms with Crippen LogP contribution in [0.2, 0.25) is 0 Å². The fraction of sp³-hybridized carbons (Fsp3) is 0.667. The number of hydrogen-bond donors (Lipinski definition) is 2. The highest BCUT2D eigenvalue weighted by molar-refractivity contribution is 8.87. The zero-order valence-electron chi connectivity index (χ0n) is 7.05. The summed E-state index contributed by atoms with van der Waals surface area (Å²) in [5.74, 6) is 0. The van der Waals surface area contributed by atoms with Crippen LogP contribution in [-0.2, 0) is 9.47 Å². The fourth-order valence-electron chi connectivity index (χ4n) is 0.386. The van der Waals surface area contributed by atoms with Gasteiger partial charge in [-0.3, -0.25) is 10.8 Å². The Morgan fingerprint density at radius 2 is 1.33 bits per heavy atom. The maximum absolute atomic E-state index is 7.18. The van der Waals surface area contributed by atoms with Gasteiger partial charge >= 0.3 is 0 Å². The lowest BCUT2D eigenvalue weighted by molar-refractivity contribution is 0.334. The van der Waals surface area contributed by atoms with Gasteiger partial charge in [-0.25, -0.2) is 0 Å². The van der Waals surface area contributed by atoms with E-state index >= 15 is 0 Å². The molecule has 0 aromatic rings. The van der Waals surface area contributed by atoms with Gasteiger partial charge in [-0.15, -0.1) is 0 Å². The quantitative estimate of drug-likeness (QED) is 0.415. The van der Waals surface area contributed by atoms with Crippen molar-refractivity contribution in [1.29, 1.82) is 10.8 Å². The highest BCUT2D eigenvalue weighted by Gasteiger charge is 2.03. The van der Waals surface area contributed by atoms with Crippen LogP contribution in [0.4, 0.5) is 0 Å². The van der Waals surface area contributed by atoms with Crippen molar-refractivity contribution < 1.29 is 9.47 Å². The molecule has 0 fully saturated rings. The van der Waals surface area contributed by atoms with Crippen molar-refractivity contribution in [2.24, 2.45) is 0 Å². The molecule has 0 aliphatic heterocycles. The van der Waals surface area contributed by atoms with Crippen LogP contribution in [0.3, 0.4) is 0 Å². The molecule has 0 aromatic carbocycles. The van der Waals surface area contributed by atoms with Crippen LogP contribution in [0.5, 0.6) is 0 Å². The first-order valence-electron chi connectivity index (χ1n) is 3.47. The molecule has 0 amide bonds. The predicted octanol–water partition coefficient (Wildman–Crippen LogP) is 2.31. The number of nitrogens with one attached hydrogen (secondary N) is 2. The van der Waals surface area contributed by atoms with Crippen LogP contribution in [0, 0.1) is 10.8 Å². The molecule has 0 spiro atoms. The van der Waals surface area contributed by atoms with E-state index in [-0.39, 0.29) is 10.5 Å². The molecule has 70 valence electrons. The summed E-state index contributed by atoms with van der Waals surface area (Å²) in [5, 5.41) is 14.6. The van der Waals surface area contributed by atoms with Crippen molar-refractivity contribution in [3.05, 3.63) is 0 Å². The summed E-state index contributed by atoms with van der Waals surface area (Å²) in [6.07, 6.45) is 0. The lowest BCUT2D eigenvalue weighted by atomic mass is 10.9. The Balaban J connectivity index is 3.40. The Morgan fingerprint density at radius 3 is 1.58 bits per heavy atom. The van der Waals surface area contributed by atoms with Crippen molar-refractivity contribution in [3.8, 4) is 0 Å². The average molecular weight is 208 g/mol. The molecule has 0 atom stereocenters. The van der Waals surface area contributed by atoms with E-state index in [2.05, 4.69) is 0 Å². The van der Waals surface area contributed by atoms with Crippen molar-refractivity contribution in [2.75, 3.05) is 13.2 Å². The molecule has 0 heterocycles. The number of hydrogen-bond acceptors (Lipinski definition) is 6. The average Bonchev–Trinajstić information content (AvgIpc) is 2.02. The topological polar surface area (TPSA) is 66.2 Å². The largest absolute Gasteiger partial charge is 0.473 e. The zero-order chi connectivity index (χ0) is 9.40. The van der Waals surface area contributed by atoms with Crippen LogP contribution in [-0.4, -0.2) is 23.7 Å².